The number of nitrogens with one attached hydrogen (secondary N) is 1. The molecule has 8 heteroatoms. The lowest BCUT2D eigenvalue weighted by Crippen LogP contribution is -3.15. The smallest absolute Gasteiger partial charge is 0.209 e. The van der Waals surface area contributed by atoms with Crippen molar-refractivity contribution in [2.45, 2.75) is 26.4 Å². The molecule has 1 aliphatic heterocycles. The first-order valence-corrected chi connectivity index (χ1v) is 11.1. The number of nitrogens with zero attached hydrogens (tertiary/aromatic N) is 5. The highest BCUT2D eigenvalue weighted by molar-refractivity contribution is 7.09. The van der Waals surface area contributed by atoms with Crippen LogP contribution in [0.3, 0.4) is 0 Å². The summed E-state index contributed by atoms with van der Waals surface area (Å²) in [6.07, 6.45) is 0. The van der Waals surface area contributed by atoms with Crippen LogP contribution in [0.25, 0.3) is 0 Å². The number of ether oxygens (including phenoxy) is 1. The maximum absolute atomic E-state index is 5.28. The van der Waals surface area contributed by atoms with Gasteiger partial charge in [0.15, 0.2) is 6.04 Å². The number of quaternary nitrogens is 1. The van der Waals surface area contributed by atoms with Crippen LogP contribution in [0.5, 0.6) is 5.75 Å². The second-order valence-corrected chi connectivity index (χ2v) is 8.87. The van der Waals surface area contributed by atoms with Gasteiger partial charge in [0.25, 0.3) is 0 Å². The molecule has 0 bridgehead atoms. The van der Waals surface area contributed by atoms with Crippen molar-refractivity contribution in [1.82, 2.24) is 20.2 Å². The van der Waals surface area contributed by atoms with Crippen molar-refractivity contribution in [3.63, 3.8) is 0 Å². The van der Waals surface area contributed by atoms with Crippen LogP contribution in [0.4, 0.5) is 5.69 Å². The third kappa shape index (κ3) is 4.43. The molecule has 1 aliphatic rings. The number of hydrogen-bond donors (Lipinski definition) is 1. The number of thiophene rings is 1. The van der Waals surface area contributed by atoms with Crippen molar-refractivity contribution in [3.05, 3.63) is 52.5 Å². The molecule has 3 heterocycles. The van der Waals surface area contributed by atoms with E-state index in [-0.39, 0.29) is 0 Å². The molecule has 0 aliphatic carbocycles. The number of tetrazole rings is 1. The number of benzene rings is 1. The van der Waals surface area contributed by atoms with E-state index in [0.29, 0.717) is 12.0 Å². The van der Waals surface area contributed by atoms with Gasteiger partial charge in [-0.2, -0.15) is 0 Å². The number of aromatic nitrogens is 4. The fourth-order valence-electron chi connectivity index (χ4n) is 4.21. The lowest BCUT2D eigenvalue weighted by Gasteiger charge is -2.38. The lowest BCUT2D eigenvalue weighted by atomic mass is 10.0. The molecule has 0 spiro atoms. The Morgan fingerprint density at radius 1 is 1.14 bits per heavy atom. The third-order valence-electron chi connectivity index (χ3n) is 5.67. The Balaban J connectivity index is 1.46. The quantitative estimate of drug-likeness (QED) is 0.641. The van der Waals surface area contributed by atoms with E-state index in [9.17, 15) is 0 Å². The van der Waals surface area contributed by atoms with Crippen LogP contribution in [0, 0.1) is 5.92 Å². The molecule has 0 amide bonds. The highest BCUT2D eigenvalue weighted by Crippen LogP contribution is 2.21. The van der Waals surface area contributed by atoms with Gasteiger partial charge in [0.2, 0.25) is 5.82 Å². The summed E-state index contributed by atoms with van der Waals surface area (Å²) in [5, 5.41) is 14.9. The van der Waals surface area contributed by atoms with Crippen LogP contribution < -0.4 is 14.5 Å². The highest BCUT2D eigenvalue weighted by Gasteiger charge is 2.35. The number of piperazine rings is 1. The number of anilines is 1. The fourth-order valence-corrected chi connectivity index (χ4v) is 4.89. The predicted molar refractivity (Wildman–Crippen MR) is 115 cm³/mol. The Labute approximate surface area is 175 Å². The van der Waals surface area contributed by atoms with Gasteiger partial charge in [0, 0.05) is 16.5 Å². The Bertz CT molecular complexity index is 884. The molecule has 1 N–H and O–H groups in total. The van der Waals surface area contributed by atoms with Crippen molar-refractivity contribution >= 4 is 17.0 Å². The summed E-state index contributed by atoms with van der Waals surface area (Å²) in [4.78, 5) is 5.29. The van der Waals surface area contributed by atoms with Gasteiger partial charge in [-0.15, -0.1) is 16.4 Å². The van der Waals surface area contributed by atoms with Gasteiger partial charge < -0.3 is 14.5 Å². The maximum Gasteiger partial charge on any atom is 0.209 e. The molecule has 4 rings (SSSR count). The van der Waals surface area contributed by atoms with Crippen molar-refractivity contribution in [2.24, 2.45) is 5.92 Å². The number of hydrogen-bond acceptors (Lipinski definition) is 6. The Kier molecular flexibility index (Phi) is 6.10. The molecule has 29 heavy (non-hydrogen) atoms. The molecule has 0 radical (unpaired) electrons. The summed E-state index contributed by atoms with van der Waals surface area (Å²) in [6.45, 7) is 9.49. The predicted octanol–water partition coefficient (Wildman–Crippen LogP) is 1.89. The normalized spacial score (nSPS) is 16.3. The SMILES string of the molecule is COc1ccc(N2CC[NH+]([C@H](c3nnnn3Cc3cccs3)C(C)C)CC2)cc1. The van der Waals surface area contributed by atoms with Crippen LogP contribution in [0.2, 0.25) is 0 Å². The Morgan fingerprint density at radius 2 is 1.90 bits per heavy atom. The summed E-state index contributed by atoms with van der Waals surface area (Å²) >= 11 is 1.75. The summed E-state index contributed by atoms with van der Waals surface area (Å²) in [5.74, 6) is 2.36. The van der Waals surface area contributed by atoms with Crippen molar-refractivity contribution in [1.29, 1.82) is 0 Å². The minimum atomic E-state index is 0.294. The van der Waals surface area contributed by atoms with E-state index in [4.69, 9.17) is 4.74 Å². The summed E-state index contributed by atoms with van der Waals surface area (Å²) < 4.78 is 7.26. The molecular weight excluding hydrogens is 384 g/mol. The molecule has 154 valence electrons. The van der Waals surface area contributed by atoms with Gasteiger partial charge in [-0.1, -0.05) is 19.9 Å². The fraction of sp³-hybridized carbons (Fsp3) is 0.476. The molecule has 1 atom stereocenters. The largest absolute Gasteiger partial charge is 0.497 e. The molecule has 3 aromatic rings. The van der Waals surface area contributed by atoms with E-state index >= 15 is 0 Å². The van der Waals surface area contributed by atoms with E-state index in [1.807, 2.05) is 16.8 Å². The van der Waals surface area contributed by atoms with E-state index in [0.717, 1.165) is 44.3 Å². The third-order valence-corrected chi connectivity index (χ3v) is 6.53. The second-order valence-electron chi connectivity index (χ2n) is 7.84. The summed E-state index contributed by atoms with van der Waals surface area (Å²) in [6, 6.07) is 12.9. The molecule has 2 aromatic heterocycles. The standard InChI is InChI=1S/C21H28N6OS/c1-16(2)20(21-22-23-24-27(21)15-19-5-4-14-29-19)26-12-10-25(11-13-26)17-6-8-18(28-3)9-7-17/h4-9,14,16,20H,10-13,15H2,1-3H3/p+1/t20-/m0/s1. The average molecular weight is 414 g/mol. The zero-order chi connectivity index (χ0) is 20.2. The monoisotopic (exact) mass is 413 g/mol. The molecule has 1 fully saturated rings. The van der Waals surface area contributed by atoms with E-state index in [1.54, 1.807) is 23.3 Å². The first kappa shape index (κ1) is 19.8. The number of rotatable bonds is 7. The Morgan fingerprint density at radius 3 is 2.52 bits per heavy atom. The minimum absolute atomic E-state index is 0.294. The van der Waals surface area contributed by atoms with Crippen LogP contribution in [0.1, 0.15) is 30.6 Å². The highest BCUT2D eigenvalue weighted by atomic mass is 32.1. The van der Waals surface area contributed by atoms with Crippen molar-refractivity contribution < 1.29 is 9.64 Å². The van der Waals surface area contributed by atoms with Crippen LogP contribution in [-0.2, 0) is 6.54 Å². The van der Waals surface area contributed by atoms with Gasteiger partial charge >= 0.3 is 0 Å². The molecule has 0 saturated carbocycles. The average Bonchev–Trinajstić information content (AvgIpc) is 3.42. The zero-order valence-electron chi connectivity index (χ0n) is 17.3. The lowest BCUT2D eigenvalue weighted by molar-refractivity contribution is -0.937. The van der Waals surface area contributed by atoms with Crippen molar-refractivity contribution in [3.8, 4) is 5.75 Å². The van der Waals surface area contributed by atoms with Gasteiger partial charge in [-0.25, -0.2) is 4.68 Å². The maximum atomic E-state index is 5.28. The second kappa shape index (κ2) is 8.92. The molecule has 0 unspecified atom stereocenters. The summed E-state index contributed by atoms with van der Waals surface area (Å²) in [5.41, 5.74) is 1.26. The summed E-state index contributed by atoms with van der Waals surface area (Å²) in [7, 11) is 1.70. The van der Waals surface area contributed by atoms with Gasteiger partial charge in [-0.05, 0) is 46.1 Å². The van der Waals surface area contributed by atoms with Gasteiger partial charge in [0.05, 0.1) is 39.8 Å². The molecular formula is C21H29N6OS+. The minimum Gasteiger partial charge on any atom is -0.497 e. The molecule has 1 saturated heterocycles. The van der Waals surface area contributed by atoms with E-state index in [1.165, 1.54) is 10.6 Å². The van der Waals surface area contributed by atoms with Gasteiger partial charge in [0.1, 0.15) is 5.75 Å². The van der Waals surface area contributed by atoms with E-state index in [2.05, 4.69) is 63.9 Å². The van der Waals surface area contributed by atoms with Crippen molar-refractivity contribution in [2.75, 3.05) is 38.2 Å². The van der Waals surface area contributed by atoms with Crippen LogP contribution in [0.15, 0.2) is 41.8 Å². The molecule has 7 nitrogen and oxygen atoms in total. The van der Waals surface area contributed by atoms with Crippen LogP contribution in [-0.4, -0.2) is 53.5 Å². The molecule has 1 aromatic carbocycles. The first-order chi connectivity index (χ1) is 14.2. The topological polar surface area (TPSA) is 60.5 Å². The van der Waals surface area contributed by atoms with Crippen LogP contribution >= 0.6 is 11.3 Å². The first-order valence-electron chi connectivity index (χ1n) is 10.2. The van der Waals surface area contributed by atoms with Gasteiger partial charge in [-0.3, -0.25) is 0 Å². The Hall–Kier alpha value is -2.45. The van der Waals surface area contributed by atoms with E-state index < -0.39 is 0 Å². The number of methoxy groups -OCH3 is 1. The zero-order valence-corrected chi connectivity index (χ0v) is 18.1.